The number of sulfonamides is 1. The Morgan fingerprint density at radius 3 is 2.69 bits per heavy atom. The zero-order valence-electron chi connectivity index (χ0n) is 13.8. The quantitative estimate of drug-likeness (QED) is 0.811. The molecule has 1 atom stereocenters. The Hall–Kier alpha value is -2.39. The van der Waals surface area contributed by atoms with Crippen LogP contribution < -0.4 is 4.72 Å². The molecule has 1 aromatic carbocycles. The molecule has 0 radical (unpaired) electrons. The van der Waals surface area contributed by atoms with Gasteiger partial charge in [-0.25, -0.2) is 13.2 Å². The average molecular weight is 394 g/mol. The zero-order chi connectivity index (χ0) is 18.7. The summed E-state index contributed by atoms with van der Waals surface area (Å²) in [4.78, 5) is 25.5. The molecule has 0 aliphatic carbocycles. The van der Waals surface area contributed by atoms with Crippen molar-refractivity contribution in [2.75, 3.05) is 11.3 Å². The number of rotatable bonds is 5. The number of benzene rings is 1. The normalized spacial score (nSPS) is 17.7. The lowest BCUT2D eigenvalue weighted by atomic mass is 10.0. The van der Waals surface area contributed by atoms with Gasteiger partial charge in [0.25, 0.3) is 15.9 Å². The third kappa shape index (κ3) is 3.88. The number of hydrogen-bond acceptors (Lipinski definition) is 5. The summed E-state index contributed by atoms with van der Waals surface area (Å²) in [6.07, 6.45) is 1.94. The number of nitrogens with one attached hydrogen (secondary N) is 1. The molecule has 9 heteroatoms. The first-order valence-corrected chi connectivity index (χ1v) is 10.4. The fraction of sp³-hybridized carbons (Fsp3) is 0.294. The number of nitrogens with zero attached hydrogens (tertiary/aromatic N) is 1. The lowest BCUT2D eigenvalue weighted by molar-refractivity contribution is -0.143. The number of piperidine rings is 1. The van der Waals surface area contributed by atoms with Gasteiger partial charge < -0.3 is 10.0 Å². The molecule has 3 rings (SSSR count). The number of amides is 1. The molecule has 0 spiro atoms. The van der Waals surface area contributed by atoms with Crippen LogP contribution in [0, 0.1) is 0 Å². The van der Waals surface area contributed by atoms with E-state index in [1.807, 2.05) is 0 Å². The Balaban J connectivity index is 1.83. The molecule has 2 heterocycles. The monoisotopic (exact) mass is 394 g/mol. The first-order valence-electron chi connectivity index (χ1n) is 8.08. The highest BCUT2D eigenvalue weighted by Gasteiger charge is 2.32. The Labute approximate surface area is 155 Å². The largest absolute Gasteiger partial charge is 0.480 e. The molecule has 0 unspecified atom stereocenters. The van der Waals surface area contributed by atoms with E-state index < -0.39 is 27.9 Å². The molecule has 0 bridgehead atoms. The molecule has 2 aromatic rings. The third-order valence-corrected chi connectivity index (χ3v) is 6.95. The zero-order valence-corrected chi connectivity index (χ0v) is 15.4. The van der Waals surface area contributed by atoms with Crippen LogP contribution in [0.25, 0.3) is 0 Å². The summed E-state index contributed by atoms with van der Waals surface area (Å²) in [6.45, 7) is 0.376. The average Bonchev–Trinajstić information content (AvgIpc) is 3.16. The summed E-state index contributed by atoms with van der Waals surface area (Å²) >= 11 is 1.09. The molecule has 1 amide bonds. The minimum atomic E-state index is -3.71. The van der Waals surface area contributed by atoms with Gasteiger partial charge in [-0.15, -0.1) is 11.3 Å². The number of aliphatic carboxylic acids is 1. The molecule has 0 saturated carbocycles. The van der Waals surface area contributed by atoms with Gasteiger partial charge in [-0.1, -0.05) is 12.1 Å². The van der Waals surface area contributed by atoms with Gasteiger partial charge in [0.2, 0.25) is 0 Å². The predicted octanol–water partition coefficient (Wildman–Crippen LogP) is 2.63. The van der Waals surface area contributed by atoms with Crippen molar-refractivity contribution in [1.82, 2.24) is 4.90 Å². The molecule has 26 heavy (non-hydrogen) atoms. The van der Waals surface area contributed by atoms with Crippen molar-refractivity contribution in [2.45, 2.75) is 29.5 Å². The lowest BCUT2D eigenvalue weighted by Crippen LogP contribution is -2.48. The summed E-state index contributed by atoms with van der Waals surface area (Å²) in [5.74, 6) is -1.43. The van der Waals surface area contributed by atoms with Crippen LogP contribution in [0.5, 0.6) is 0 Å². The van der Waals surface area contributed by atoms with E-state index in [0.29, 0.717) is 13.0 Å². The molecule has 1 aliphatic rings. The first-order chi connectivity index (χ1) is 12.4. The van der Waals surface area contributed by atoms with Crippen LogP contribution in [0.1, 0.15) is 29.6 Å². The summed E-state index contributed by atoms with van der Waals surface area (Å²) in [5.41, 5.74) is 0.512. The van der Waals surface area contributed by atoms with Gasteiger partial charge in [-0.2, -0.15) is 0 Å². The van der Waals surface area contributed by atoms with Crippen LogP contribution in [-0.2, 0) is 14.8 Å². The van der Waals surface area contributed by atoms with Crippen LogP contribution in [0.4, 0.5) is 5.69 Å². The fourth-order valence-electron chi connectivity index (χ4n) is 2.93. The van der Waals surface area contributed by atoms with E-state index in [2.05, 4.69) is 4.72 Å². The smallest absolute Gasteiger partial charge is 0.326 e. The highest BCUT2D eigenvalue weighted by atomic mass is 32.2. The lowest BCUT2D eigenvalue weighted by Gasteiger charge is -2.33. The van der Waals surface area contributed by atoms with Gasteiger partial charge in [0, 0.05) is 17.8 Å². The Morgan fingerprint density at radius 2 is 2.00 bits per heavy atom. The van der Waals surface area contributed by atoms with Crippen LogP contribution in [0.15, 0.2) is 46.0 Å². The van der Waals surface area contributed by atoms with Crippen molar-refractivity contribution in [3.8, 4) is 0 Å². The Kier molecular flexibility index (Phi) is 5.28. The van der Waals surface area contributed by atoms with Crippen molar-refractivity contribution in [1.29, 1.82) is 0 Å². The summed E-state index contributed by atoms with van der Waals surface area (Å²) < 4.78 is 27.3. The van der Waals surface area contributed by atoms with Gasteiger partial charge in [0.1, 0.15) is 10.3 Å². The van der Waals surface area contributed by atoms with Gasteiger partial charge in [0.15, 0.2) is 0 Å². The maximum absolute atomic E-state index is 12.7. The molecular weight excluding hydrogens is 376 g/mol. The first kappa shape index (κ1) is 18.4. The number of carbonyl (C=O) groups is 2. The molecule has 1 aromatic heterocycles. The summed E-state index contributed by atoms with van der Waals surface area (Å²) in [6, 6.07) is 8.39. The highest BCUT2D eigenvalue weighted by molar-refractivity contribution is 7.94. The van der Waals surface area contributed by atoms with Crippen molar-refractivity contribution in [3.05, 3.63) is 47.3 Å². The second-order valence-electron chi connectivity index (χ2n) is 5.97. The Morgan fingerprint density at radius 1 is 1.19 bits per heavy atom. The topological polar surface area (TPSA) is 104 Å². The highest BCUT2D eigenvalue weighted by Crippen LogP contribution is 2.23. The third-order valence-electron chi connectivity index (χ3n) is 4.17. The van der Waals surface area contributed by atoms with E-state index in [1.165, 1.54) is 17.0 Å². The van der Waals surface area contributed by atoms with E-state index in [0.717, 1.165) is 24.2 Å². The minimum Gasteiger partial charge on any atom is -0.480 e. The number of thiophene rings is 1. The standard InChI is InChI=1S/C17H18N2O5S2/c20-16(19-9-2-1-7-14(19)17(21)22)12-5-3-6-13(11-12)18-26(23,24)15-8-4-10-25-15/h3-6,8,10-11,14,18H,1-2,7,9H2,(H,21,22)/t14-/m1/s1. The fourth-order valence-corrected chi connectivity index (χ4v) is 4.98. The SMILES string of the molecule is O=C(O)[C@H]1CCCCN1C(=O)c1cccc(NS(=O)(=O)c2cccs2)c1. The van der Waals surface area contributed by atoms with E-state index in [1.54, 1.807) is 29.6 Å². The van der Waals surface area contributed by atoms with Crippen LogP contribution in [0.2, 0.25) is 0 Å². The van der Waals surface area contributed by atoms with E-state index in [-0.39, 0.29) is 15.5 Å². The number of likely N-dealkylation sites (tertiary alicyclic amines) is 1. The minimum absolute atomic E-state index is 0.177. The number of carboxylic acid groups (broad SMARTS) is 1. The van der Waals surface area contributed by atoms with Gasteiger partial charge in [0.05, 0.1) is 0 Å². The van der Waals surface area contributed by atoms with Gasteiger partial charge in [-0.05, 0) is 48.9 Å². The van der Waals surface area contributed by atoms with Gasteiger partial charge in [-0.3, -0.25) is 9.52 Å². The molecule has 138 valence electrons. The molecule has 1 saturated heterocycles. The maximum atomic E-state index is 12.7. The maximum Gasteiger partial charge on any atom is 0.326 e. The Bertz CT molecular complexity index is 909. The molecule has 2 N–H and O–H groups in total. The molecule has 1 aliphatic heterocycles. The second-order valence-corrected chi connectivity index (χ2v) is 8.82. The van der Waals surface area contributed by atoms with E-state index >= 15 is 0 Å². The summed E-state index contributed by atoms with van der Waals surface area (Å²) in [5, 5.41) is 11.0. The van der Waals surface area contributed by atoms with Crippen LogP contribution >= 0.6 is 11.3 Å². The van der Waals surface area contributed by atoms with Crippen LogP contribution in [0.3, 0.4) is 0 Å². The molecular formula is C17H18N2O5S2. The number of anilines is 1. The number of carbonyl (C=O) groups excluding carboxylic acids is 1. The van der Waals surface area contributed by atoms with E-state index in [4.69, 9.17) is 0 Å². The van der Waals surface area contributed by atoms with Crippen molar-refractivity contribution < 1.29 is 23.1 Å². The second kappa shape index (κ2) is 7.46. The van der Waals surface area contributed by atoms with Crippen molar-refractivity contribution in [2.24, 2.45) is 0 Å². The molecule has 1 fully saturated rings. The number of carboxylic acids is 1. The van der Waals surface area contributed by atoms with E-state index in [9.17, 15) is 23.1 Å². The summed E-state index contributed by atoms with van der Waals surface area (Å²) in [7, 11) is -3.71. The van der Waals surface area contributed by atoms with Crippen molar-refractivity contribution in [3.63, 3.8) is 0 Å². The predicted molar refractivity (Wildman–Crippen MR) is 97.9 cm³/mol. The van der Waals surface area contributed by atoms with Crippen LogP contribution in [-0.4, -0.2) is 42.9 Å². The van der Waals surface area contributed by atoms with Gasteiger partial charge >= 0.3 is 5.97 Å². The van der Waals surface area contributed by atoms with Crippen molar-refractivity contribution >= 4 is 38.9 Å². The number of hydrogen-bond donors (Lipinski definition) is 2. The molecule has 7 nitrogen and oxygen atoms in total.